The largest absolute Gasteiger partial charge is 0.494 e. The van der Waals surface area contributed by atoms with Crippen LogP contribution in [0.5, 0.6) is 11.5 Å². The van der Waals surface area contributed by atoms with E-state index in [0.717, 1.165) is 11.8 Å². The number of nitrogens with zero attached hydrogens (tertiary/aromatic N) is 1. The minimum Gasteiger partial charge on any atom is -0.494 e. The zero-order chi connectivity index (χ0) is 23.1. The number of thioether (sulfide) groups is 1. The van der Waals surface area contributed by atoms with Crippen LogP contribution < -0.4 is 15.2 Å². The first-order valence-electron chi connectivity index (χ1n) is 10.3. The van der Waals surface area contributed by atoms with Gasteiger partial charge in [0.05, 0.1) is 36.8 Å². The second-order valence-corrected chi connectivity index (χ2v) is 8.60. The summed E-state index contributed by atoms with van der Waals surface area (Å²) in [5.41, 5.74) is 5.53. The van der Waals surface area contributed by atoms with Gasteiger partial charge in [0.15, 0.2) is 0 Å². The number of aliphatic hydroxyl groups is 1. The molecule has 1 aliphatic heterocycles. The summed E-state index contributed by atoms with van der Waals surface area (Å²) < 4.78 is 52.1. The third-order valence-corrected chi connectivity index (χ3v) is 6.44. The van der Waals surface area contributed by atoms with Crippen LogP contribution in [0.25, 0.3) is 4.91 Å². The number of nitrogens with two attached hydrogens (primary N) is 1. The molecule has 2 unspecified atom stereocenters. The molecule has 2 atom stereocenters. The first-order valence-corrected chi connectivity index (χ1v) is 11.2. The third kappa shape index (κ3) is 6.34. The maximum atomic E-state index is 13.7. The van der Waals surface area contributed by atoms with Crippen molar-refractivity contribution in [2.45, 2.75) is 30.4 Å². The highest BCUT2D eigenvalue weighted by molar-refractivity contribution is 8.09. The van der Waals surface area contributed by atoms with Crippen LogP contribution in [0.3, 0.4) is 0 Å². The summed E-state index contributed by atoms with van der Waals surface area (Å²) in [6.07, 6.45) is -1.57. The molecule has 0 amide bonds. The fraction of sp³-hybridized carbons (Fsp3) is 0.391. The van der Waals surface area contributed by atoms with Crippen LogP contribution >= 0.6 is 11.8 Å². The van der Waals surface area contributed by atoms with E-state index in [1.165, 1.54) is 17.8 Å². The van der Waals surface area contributed by atoms with Crippen LogP contribution in [-0.4, -0.2) is 48.3 Å². The van der Waals surface area contributed by atoms with Crippen LogP contribution in [0.1, 0.15) is 24.0 Å². The maximum Gasteiger partial charge on any atom is 0.419 e. The zero-order valence-electron chi connectivity index (χ0n) is 17.7. The van der Waals surface area contributed by atoms with Gasteiger partial charge in [0.25, 0.3) is 0 Å². The van der Waals surface area contributed by atoms with Gasteiger partial charge in [0.2, 0.25) is 0 Å². The van der Waals surface area contributed by atoms with Crippen molar-refractivity contribution in [2.24, 2.45) is 5.73 Å². The molecule has 3 N–H and O–H groups in total. The molecule has 0 saturated carbocycles. The minimum absolute atomic E-state index is 0.161. The lowest BCUT2D eigenvalue weighted by atomic mass is 10.1. The topological polar surface area (TPSA) is 68.0 Å². The minimum atomic E-state index is -4.54. The number of alkyl halides is 3. The molecular weight excluding hydrogens is 441 g/mol. The predicted octanol–water partition coefficient (Wildman–Crippen LogP) is 4.57. The first-order chi connectivity index (χ1) is 15.3. The molecule has 0 bridgehead atoms. The Kier molecular flexibility index (Phi) is 8.33. The Balaban J connectivity index is 1.59. The molecule has 9 heteroatoms. The molecule has 0 saturated heterocycles. The van der Waals surface area contributed by atoms with Crippen molar-refractivity contribution >= 4 is 16.7 Å². The number of hydrogen-bond acceptors (Lipinski definition) is 6. The molecule has 0 spiro atoms. The van der Waals surface area contributed by atoms with Crippen molar-refractivity contribution in [1.82, 2.24) is 4.90 Å². The Morgan fingerprint density at radius 1 is 1.09 bits per heavy atom. The number of para-hydroxylation sites is 1. The fourth-order valence-corrected chi connectivity index (χ4v) is 4.49. The van der Waals surface area contributed by atoms with E-state index >= 15 is 0 Å². The molecule has 0 aliphatic carbocycles. The quantitative estimate of drug-likeness (QED) is 0.498. The molecule has 5 nitrogen and oxygen atoms in total. The van der Waals surface area contributed by atoms with Gasteiger partial charge < -0.3 is 25.2 Å². The number of halogens is 3. The normalized spacial score (nSPS) is 17.2. The van der Waals surface area contributed by atoms with E-state index in [9.17, 15) is 18.3 Å². The van der Waals surface area contributed by atoms with E-state index in [2.05, 4.69) is 0 Å². The van der Waals surface area contributed by atoms with Crippen molar-refractivity contribution in [3.63, 3.8) is 0 Å². The summed E-state index contributed by atoms with van der Waals surface area (Å²) in [6, 6.07) is 12.9. The number of unbranched alkanes of at least 4 members (excludes halogenated alkanes) is 1. The van der Waals surface area contributed by atoms with Crippen LogP contribution in [0, 0.1) is 0 Å². The van der Waals surface area contributed by atoms with Crippen LogP contribution in [0.2, 0.25) is 0 Å². The van der Waals surface area contributed by atoms with Gasteiger partial charge in [0.1, 0.15) is 11.5 Å². The van der Waals surface area contributed by atoms with Crippen molar-refractivity contribution in [2.75, 3.05) is 26.9 Å². The number of benzene rings is 2. The molecule has 2 aromatic rings. The SMILES string of the molecule is CN1C=C(c2ccc(OCCCCOc3ccccc3)c(C(F)(F)F)c2)SC1C(N)CO. The molecule has 2 aromatic carbocycles. The molecule has 3 rings (SSSR count). The number of ether oxygens (including phenoxy) is 2. The predicted molar refractivity (Wildman–Crippen MR) is 120 cm³/mol. The number of aliphatic hydroxyl groups excluding tert-OH is 1. The molecule has 1 aliphatic rings. The molecule has 1 heterocycles. The molecule has 0 fully saturated rings. The summed E-state index contributed by atoms with van der Waals surface area (Å²) in [7, 11) is 1.78. The lowest BCUT2D eigenvalue weighted by molar-refractivity contribution is -0.139. The summed E-state index contributed by atoms with van der Waals surface area (Å²) in [5, 5.41) is 9.05. The van der Waals surface area contributed by atoms with Gasteiger partial charge in [-0.05, 0) is 42.7 Å². The summed E-state index contributed by atoms with van der Waals surface area (Å²) in [5.74, 6) is 0.570. The van der Waals surface area contributed by atoms with Crippen LogP contribution in [-0.2, 0) is 6.18 Å². The summed E-state index contributed by atoms with van der Waals surface area (Å²) >= 11 is 1.33. The molecule has 32 heavy (non-hydrogen) atoms. The monoisotopic (exact) mass is 468 g/mol. The number of rotatable bonds is 10. The van der Waals surface area contributed by atoms with Gasteiger partial charge >= 0.3 is 6.18 Å². The fourth-order valence-electron chi connectivity index (χ4n) is 3.25. The highest BCUT2D eigenvalue weighted by atomic mass is 32.2. The van der Waals surface area contributed by atoms with Crippen LogP contribution in [0.15, 0.2) is 54.7 Å². The van der Waals surface area contributed by atoms with Gasteiger partial charge in [0, 0.05) is 18.2 Å². The lowest BCUT2D eigenvalue weighted by Crippen LogP contribution is -2.42. The van der Waals surface area contributed by atoms with E-state index in [1.54, 1.807) is 24.2 Å². The highest BCUT2D eigenvalue weighted by Gasteiger charge is 2.36. The van der Waals surface area contributed by atoms with Crippen LogP contribution in [0.4, 0.5) is 13.2 Å². The summed E-state index contributed by atoms with van der Waals surface area (Å²) in [6.45, 7) is 0.419. The third-order valence-electron chi connectivity index (χ3n) is 4.92. The molecular formula is C23H27F3N2O3S. The van der Waals surface area contributed by atoms with Crippen molar-refractivity contribution in [1.29, 1.82) is 0 Å². The standard InChI is InChI=1S/C23H27F3N2O3S/c1-28-14-21(32-22(28)19(27)15-29)16-9-10-20(18(13-16)23(24,25)26)31-12-6-5-11-30-17-7-3-2-4-8-17/h2-4,7-10,13-14,19,22,29H,5-6,11-12,15,27H2,1H3. The van der Waals surface area contributed by atoms with Gasteiger partial charge in [-0.3, -0.25) is 0 Å². The Morgan fingerprint density at radius 3 is 2.44 bits per heavy atom. The second-order valence-electron chi connectivity index (χ2n) is 7.44. The van der Waals surface area contributed by atoms with Gasteiger partial charge in [-0.1, -0.05) is 36.0 Å². The first kappa shape index (κ1) is 24.3. The van der Waals surface area contributed by atoms with E-state index < -0.39 is 17.8 Å². The van der Waals surface area contributed by atoms with E-state index in [4.69, 9.17) is 15.2 Å². The number of hydrogen-bond donors (Lipinski definition) is 2. The lowest BCUT2D eigenvalue weighted by Gasteiger charge is -2.24. The average molecular weight is 469 g/mol. The van der Waals surface area contributed by atoms with E-state index in [-0.39, 0.29) is 24.3 Å². The Bertz CT molecular complexity index is 909. The van der Waals surface area contributed by atoms with Gasteiger partial charge in [-0.25, -0.2) is 0 Å². The van der Waals surface area contributed by atoms with Crippen molar-refractivity contribution in [3.05, 3.63) is 65.9 Å². The highest BCUT2D eigenvalue weighted by Crippen LogP contribution is 2.43. The van der Waals surface area contributed by atoms with Crippen molar-refractivity contribution in [3.8, 4) is 11.5 Å². The Morgan fingerprint density at radius 2 is 1.78 bits per heavy atom. The number of likely N-dealkylation sites (N-methyl/N-ethyl adjacent to an activating group) is 1. The molecule has 0 aromatic heterocycles. The smallest absolute Gasteiger partial charge is 0.419 e. The Hall–Kier alpha value is -2.36. The van der Waals surface area contributed by atoms with Gasteiger partial charge in [-0.15, -0.1) is 0 Å². The molecule has 0 radical (unpaired) electrons. The molecule has 174 valence electrons. The van der Waals surface area contributed by atoms with E-state index in [1.807, 2.05) is 30.3 Å². The van der Waals surface area contributed by atoms with Gasteiger partial charge in [-0.2, -0.15) is 13.2 Å². The van der Waals surface area contributed by atoms with E-state index in [0.29, 0.717) is 29.9 Å². The zero-order valence-corrected chi connectivity index (χ0v) is 18.5. The Labute approximate surface area is 190 Å². The summed E-state index contributed by atoms with van der Waals surface area (Å²) in [4.78, 5) is 2.47. The van der Waals surface area contributed by atoms with Crippen molar-refractivity contribution < 1.29 is 27.8 Å². The maximum absolute atomic E-state index is 13.7. The average Bonchev–Trinajstić information content (AvgIpc) is 3.17. The second kappa shape index (κ2) is 11.0.